The fraction of sp³-hybridized carbons (Fsp3) is 0.533. The zero-order chi connectivity index (χ0) is 14.3. The fourth-order valence-corrected chi connectivity index (χ4v) is 2.95. The van der Waals surface area contributed by atoms with Crippen molar-refractivity contribution in [3.8, 4) is 11.5 Å². The third-order valence-corrected chi connectivity index (χ3v) is 4.28. The van der Waals surface area contributed by atoms with Crippen molar-refractivity contribution >= 4 is 5.91 Å². The van der Waals surface area contributed by atoms with E-state index in [2.05, 4.69) is 0 Å². The van der Waals surface area contributed by atoms with Gasteiger partial charge in [-0.1, -0.05) is 6.07 Å². The lowest BCUT2D eigenvalue weighted by Gasteiger charge is -2.48. The van der Waals surface area contributed by atoms with Crippen molar-refractivity contribution in [1.82, 2.24) is 4.90 Å². The predicted octanol–water partition coefficient (Wildman–Crippen LogP) is 1.27. The van der Waals surface area contributed by atoms with Gasteiger partial charge in [-0.3, -0.25) is 4.79 Å². The molecular formula is C15H20N2O3. The average molecular weight is 276 g/mol. The first-order valence-corrected chi connectivity index (χ1v) is 6.88. The minimum absolute atomic E-state index is 0.0394. The van der Waals surface area contributed by atoms with Crippen molar-refractivity contribution in [2.45, 2.75) is 18.4 Å². The van der Waals surface area contributed by atoms with E-state index in [1.165, 1.54) is 12.8 Å². The number of carbonyl (C=O) groups excluding carboxylic acids is 1. The number of likely N-dealkylation sites (tertiary alicyclic amines) is 1. The molecule has 2 fully saturated rings. The molecule has 1 heterocycles. The lowest BCUT2D eigenvalue weighted by atomic mass is 9.85. The van der Waals surface area contributed by atoms with Crippen LogP contribution in [0.15, 0.2) is 18.2 Å². The highest BCUT2D eigenvalue weighted by molar-refractivity contribution is 5.98. The van der Waals surface area contributed by atoms with Crippen molar-refractivity contribution in [1.29, 1.82) is 0 Å². The zero-order valence-corrected chi connectivity index (χ0v) is 11.9. The first-order chi connectivity index (χ1) is 9.59. The van der Waals surface area contributed by atoms with Gasteiger partial charge in [0.1, 0.15) is 0 Å². The van der Waals surface area contributed by atoms with Gasteiger partial charge < -0.3 is 20.1 Å². The number of carbonyl (C=O) groups is 1. The normalized spacial score (nSPS) is 20.2. The van der Waals surface area contributed by atoms with Crippen molar-refractivity contribution < 1.29 is 14.3 Å². The zero-order valence-electron chi connectivity index (χ0n) is 11.9. The summed E-state index contributed by atoms with van der Waals surface area (Å²) >= 11 is 0. The van der Waals surface area contributed by atoms with Crippen LogP contribution in [-0.4, -0.2) is 43.7 Å². The van der Waals surface area contributed by atoms with Crippen LogP contribution in [-0.2, 0) is 0 Å². The largest absolute Gasteiger partial charge is 0.493 e. The van der Waals surface area contributed by atoms with Crippen molar-refractivity contribution in [2.24, 2.45) is 11.7 Å². The van der Waals surface area contributed by atoms with Crippen LogP contribution in [0.5, 0.6) is 11.5 Å². The maximum atomic E-state index is 12.5. The van der Waals surface area contributed by atoms with Gasteiger partial charge in [-0.15, -0.1) is 0 Å². The number of para-hydroxylation sites is 1. The SMILES string of the molecule is COc1cccc(C(=O)N2CC(N)(C3CC3)C2)c1OC. The van der Waals surface area contributed by atoms with E-state index in [0.29, 0.717) is 36.1 Å². The van der Waals surface area contributed by atoms with E-state index in [1.54, 1.807) is 37.3 Å². The molecule has 2 aliphatic rings. The van der Waals surface area contributed by atoms with E-state index in [4.69, 9.17) is 15.2 Å². The quantitative estimate of drug-likeness (QED) is 0.899. The predicted molar refractivity (Wildman–Crippen MR) is 75.1 cm³/mol. The number of hydrogen-bond acceptors (Lipinski definition) is 4. The topological polar surface area (TPSA) is 64.8 Å². The first kappa shape index (κ1) is 13.2. The summed E-state index contributed by atoms with van der Waals surface area (Å²) < 4.78 is 10.5. The van der Waals surface area contributed by atoms with Crippen LogP contribution in [0.25, 0.3) is 0 Å². The Hall–Kier alpha value is -1.75. The van der Waals surface area contributed by atoms with E-state index in [1.807, 2.05) is 0 Å². The molecule has 3 rings (SSSR count). The fourth-order valence-electron chi connectivity index (χ4n) is 2.95. The number of hydrogen-bond donors (Lipinski definition) is 1. The van der Waals surface area contributed by atoms with Gasteiger partial charge >= 0.3 is 0 Å². The van der Waals surface area contributed by atoms with Crippen LogP contribution in [0.3, 0.4) is 0 Å². The monoisotopic (exact) mass is 276 g/mol. The van der Waals surface area contributed by atoms with Crippen LogP contribution in [0.4, 0.5) is 0 Å². The molecule has 1 saturated heterocycles. The maximum absolute atomic E-state index is 12.5. The van der Waals surface area contributed by atoms with E-state index in [0.717, 1.165) is 0 Å². The summed E-state index contributed by atoms with van der Waals surface area (Å²) in [5.41, 5.74) is 6.66. The highest BCUT2D eigenvalue weighted by Gasteiger charge is 2.52. The van der Waals surface area contributed by atoms with Crippen LogP contribution < -0.4 is 15.2 Å². The number of benzene rings is 1. The Morgan fingerprint density at radius 2 is 2.00 bits per heavy atom. The Morgan fingerprint density at radius 3 is 2.55 bits per heavy atom. The number of amides is 1. The lowest BCUT2D eigenvalue weighted by molar-refractivity contribution is 0.0347. The summed E-state index contributed by atoms with van der Waals surface area (Å²) in [5.74, 6) is 1.61. The van der Waals surface area contributed by atoms with Gasteiger partial charge in [0, 0.05) is 13.1 Å². The minimum atomic E-state index is -0.165. The molecule has 108 valence electrons. The van der Waals surface area contributed by atoms with Crippen LogP contribution in [0, 0.1) is 5.92 Å². The van der Waals surface area contributed by atoms with Gasteiger partial charge in [0.15, 0.2) is 11.5 Å². The van der Waals surface area contributed by atoms with Gasteiger partial charge in [-0.05, 0) is 30.9 Å². The second kappa shape index (κ2) is 4.66. The second-order valence-electron chi connectivity index (χ2n) is 5.71. The highest BCUT2D eigenvalue weighted by Crippen LogP contribution is 2.43. The Kier molecular flexibility index (Phi) is 3.09. The van der Waals surface area contributed by atoms with E-state index < -0.39 is 0 Å². The van der Waals surface area contributed by atoms with Gasteiger partial charge in [0.05, 0.1) is 25.3 Å². The maximum Gasteiger partial charge on any atom is 0.257 e. The van der Waals surface area contributed by atoms with Crippen LogP contribution >= 0.6 is 0 Å². The molecule has 0 radical (unpaired) electrons. The Morgan fingerprint density at radius 1 is 1.30 bits per heavy atom. The van der Waals surface area contributed by atoms with Gasteiger partial charge in [0.2, 0.25) is 0 Å². The Balaban J connectivity index is 1.78. The number of rotatable bonds is 4. The standard InChI is InChI=1S/C15H20N2O3/c1-19-12-5-3-4-11(13(12)20-2)14(18)17-8-15(16,9-17)10-6-7-10/h3-5,10H,6-9,16H2,1-2H3. The summed E-state index contributed by atoms with van der Waals surface area (Å²) in [6.45, 7) is 1.27. The third kappa shape index (κ3) is 2.02. The molecule has 1 aliphatic heterocycles. The molecule has 1 aromatic rings. The third-order valence-electron chi connectivity index (χ3n) is 4.28. The summed E-state index contributed by atoms with van der Waals surface area (Å²) in [6, 6.07) is 5.34. The van der Waals surface area contributed by atoms with Gasteiger partial charge in [-0.25, -0.2) is 0 Å². The smallest absolute Gasteiger partial charge is 0.257 e. The summed E-state index contributed by atoms with van der Waals surface area (Å²) in [6.07, 6.45) is 2.39. The number of nitrogens with zero attached hydrogens (tertiary/aromatic N) is 1. The minimum Gasteiger partial charge on any atom is -0.493 e. The van der Waals surface area contributed by atoms with Gasteiger partial charge in [0.25, 0.3) is 5.91 Å². The molecule has 5 nitrogen and oxygen atoms in total. The van der Waals surface area contributed by atoms with E-state index >= 15 is 0 Å². The first-order valence-electron chi connectivity index (χ1n) is 6.88. The molecule has 1 saturated carbocycles. The molecule has 0 spiro atoms. The average Bonchev–Trinajstić information content (AvgIpc) is 3.26. The van der Waals surface area contributed by atoms with E-state index in [-0.39, 0.29) is 11.4 Å². The van der Waals surface area contributed by atoms with Crippen molar-refractivity contribution in [3.63, 3.8) is 0 Å². The summed E-state index contributed by atoms with van der Waals surface area (Å²) in [4.78, 5) is 14.3. The van der Waals surface area contributed by atoms with Crippen molar-refractivity contribution in [2.75, 3.05) is 27.3 Å². The summed E-state index contributed by atoms with van der Waals surface area (Å²) in [7, 11) is 3.11. The highest BCUT2D eigenvalue weighted by atomic mass is 16.5. The Labute approximate surface area is 118 Å². The molecule has 0 bridgehead atoms. The molecule has 0 atom stereocenters. The molecule has 5 heteroatoms. The molecule has 0 unspecified atom stereocenters. The van der Waals surface area contributed by atoms with Crippen molar-refractivity contribution in [3.05, 3.63) is 23.8 Å². The Bertz CT molecular complexity index is 534. The second-order valence-corrected chi connectivity index (χ2v) is 5.71. The van der Waals surface area contributed by atoms with E-state index in [9.17, 15) is 4.79 Å². The molecule has 1 aromatic carbocycles. The summed E-state index contributed by atoms with van der Waals surface area (Å²) in [5, 5.41) is 0. The number of nitrogens with two attached hydrogens (primary N) is 1. The molecule has 0 aromatic heterocycles. The molecule has 20 heavy (non-hydrogen) atoms. The van der Waals surface area contributed by atoms with Crippen LogP contribution in [0.2, 0.25) is 0 Å². The number of ether oxygens (including phenoxy) is 2. The van der Waals surface area contributed by atoms with Crippen LogP contribution in [0.1, 0.15) is 23.2 Å². The number of methoxy groups -OCH3 is 2. The molecule has 1 amide bonds. The molecular weight excluding hydrogens is 256 g/mol. The van der Waals surface area contributed by atoms with Gasteiger partial charge in [-0.2, -0.15) is 0 Å². The lowest BCUT2D eigenvalue weighted by Crippen LogP contribution is -2.69. The molecule has 1 aliphatic carbocycles. The molecule has 2 N–H and O–H groups in total.